The van der Waals surface area contributed by atoms with Crippen LogP contribution in [-0.2, 0) is 11.2 Å². The Morgan fingerprint density at radius 2 is 1.86 bits per heavy atom. The van der Waals surface area contributed by atoms with Gasteiger partial charge in [0.1, 0.15) is 0 Å². The van der Waals surface area contributed by atoms with Gasteiger partial charge in [-0.05, 0) is 34.5 Å². The Bertz CT molecular complexity index is 723. The van der Waals surface area contributed by atoms with E-state index >= 15 is 0 Å². The van der Waals surface area contributed by atoms with Gasteiger partial charge in [0.2, 0.25) is 5.91 Å². The Balaban J connectivity index is 1.69. The molecule has 2 heterocycles. The second kappa shape index (κ2) is 6.14. The highest BCUT2D eigenvalue weighted by atomic mass is 35.5. The third-order valence-corrected chi connectivity index (χ3v) is 5.11. The maximum Gasteiger partial charge on any atom is 0.407 e. The zero-order valence-corrected chi connectivity index (χ0v) is 13.4. The molecule has 1 fully saturated rings. The molecule has 1 aromatic carbocycles. The predicted octanol–water partition coefficient (Wildman–Crippen LogP) is 2.92. The number of benzene rings is 1. The number of halogens is 1. The Morgan fingerprint density at radius 1 is 1.18 bits per heavy atom. The van der Waals surface area contributed by atoms with Crippen LogP contribution in [0.15, 0.2) is 23.6 Å². The van der Waals surface area contributed by atoms with Crippen LogP contribution in [0.3, 0.4) is 0 Å². The number of carboxylic acid groups (broad SMARTS) is 1. The molecule has 2 aromatic rings. The van der Waals surface area contributed by atoms with Crippen LogP contribution < -0.4 is 0 Å². The van der Waals surface area contributed by atoms with Crippen molar-refractivity contribution < 1.29 is 14.7 Å². The molecular formula is C15H15ClN2O3S. The summed E-state index contributed by atoms with van der Waals surface area (Å²) >= 11 is 7.63. The van der Waals surface area contributed by atoms with Crippen molar-refractivity contribution in [3.63, 3.8) is 0 Å². The van der Waals surface area contributed by atoms with E-state index in [1.54, 1.807) is 16.2 Å². The number of rotatable bonds is 2. The maximum atomic E-state index is 12.4. The molecule has 5 nitrogen and oxygen atoms in total. The van der Waals surface area contributed by atoms with Crippen molar-refractivity contribution in [3.05, 3.63) is 34.2 Å². The van der Waals surface area contributed by atoms with Gasteiger partial charge in [-0.25, -0.2) is 4.79 Å². The highest BCUT2D eigenvalue weighted by Crippen LogP contribution is 2.29. The number of piperazine rings is 1. The Morgan fingerprint density at radius 3 is 2.55 bits per heavy atom. The van der Waals surface area contributed by atoms with E-state index in [-0.39, 0.29) is 5.91 Å². The zero-order valence-electron chi connectivity index (χ0n) is 11.8. The van der Waals surface area contributed by atoms with Gasteiger partial charge in [-0.2, -0.15) is 0 Å². The minimum Gasteiger partial charge on any atom is -0.465 e. The number of carbonyl (C=O) groups is 2. The van der Waals surface area contributed by atoms with E-state index < -0.39 is 6.09 Å². The van der Waals surface area contributed by atoms with Crippen LogP contribution in [0.4, 0.5) is 4.79 Å². The van der Waals surface area contributed by atoms with E-state index in [1.807, 2.05) is 23.6 Å². The van der Waals surface area contributed by atoms with Crippen LogP contribution >= 0.6 is 22.9 Å². The monoisotopic (exact) mass is 338 g/mol. The first kappa shape index (κ1) is 15.1. The fraction of sp³-hybridized carbons (Fsp3) is 0.333. The fourth-order valence-corrected chi connectivity index (χ4v) is 3.73. The summed E-state index contributed by atoms with van der Waals surface area (Å²) in [6, 6.07) is 5.69. The van der Waals surface area contributed by atoms with Crippen molar-refractivity contribution >= 4 is 45.0 Å². The zero-order chi connectivity index (χ0) is 15.7. The summed E-state index contributed by atoms with van der Waals surface area (Å²) in [4.78, 5) is 26.3. The molecule has 22 heavy (non-hydrogen) atoms. The van der Waals surface area contributed by atoms with Crippen molar-refractivity contribution in [3.8, 4) is 0 Å². The molecular weight excluding hydrogens is 324 g/mol. The number of nitrogens with zero attached hydrogens (tertiary/aromatic N) is 2. The van der Waals surface area contributed by atoms with Gasteiger partial charge in [-0.1, -0.05) is 11.6 Å². The number of hydrogen-bond acceptors (Lipinski definition) is 3. The van der Waals surface area contributed by atoms with Gasteiger partial charge in [0.25, 0.3) is 0 Å². The molecule has 1 N–H and O–H groups in total. The number of thiophene rings is 1. The molecule has 0 radical (unpaired) electrons. The normalized spacial score (nSPS) is 15.3. The van der Waals surface area contributed by atoms with Crippen molar-refractivity contribution in [1.82, 2.24) is 9.80 Å². The van der Waals surface area contributed by atoms with E-state index in [1.165, 1.54) is 4.90 Å². The number of amides is 2. The highest BCUT2D eigenvalue weighted by molar-refractivity contribution is 7.17. The van der Waals surface area contributed by atoms with Crippen LogP contribution in [0, 0.1) is 0 Å². The second-order valence-electron chi connectivity index (χ2n) is 5.23. The van der Waals surface area contributed by atoms with Crippen LogP contribution in [0.25, 0.3) is 10.1 Å². The van der Waals surface area contributed by atoms with Gasteiger partial charge in [0.15, 0.2) is 0 Å². The van der Waals surface area contributed by atoms with E-state index in [0.29, 0.717) is 37.6 Å². The average Bonchev–Trinajstić information content (AvgIpc) is 2.89. The summed E-state index contributed by atoms with van der Waals surface area (Å²) in [5.41, 5.74) is 0.980. The molecule has 1 aliphatic heterocycles. The third kappa shape index (κ3) is 3.03. The number of fused-ring (bicyclic) bond motifs is 1. The SMILES string of the molecule is O=C(O)N1CCN(C(=O)Cc2csc3ccc(Cl)cc23)CC1. The standard InChI is InChI=1S/C15H15ClN2O3S/c16-11-1-2-13-12(8-11)10(9-22-13)7-14(19)17-3-5-18(6-4-17)15(20)21/h1-2,8-9H,3-7H2,(H,20,21). The van der Waals surface area contributed by atoms with Gasteiger partial charge in [-0.15, -0.1) is 11.3 Å². The molecule has 1 saturated heterocycles. The summed E-state index contributed by atoms with van der Waals surface area (Å²) in [7, 11) is 0. The lowest BCUT2D eigenvalue weighted by Gasteiger charge is -2.33. The molecule has 116 valence electrons. The first-order chi connectivity index (χ1) is 10.5. The highest BCUT2D eigenvalue weighted by Gasteiger charge is 2.24. The second-order valence-corrected chi connectivity index (χ2v) is 6.58. The van der Waals surface area contributed by atoms with Crippen molar-refractivity contribution in [2.45, 2.75) is 6.42 Å². The lowest BCUT2D eigenvalue weighted by Crippen LogP contribution is -2.50. The molecule has 0 unspecified atom stereocenters. The molecule has 0 aliphatic carbocycles. The first-order valence-electron chi connectivity index (χ1n) is 6.96. The lowest BCUT2D eigenvalue weighted by atomic mass is 10.1. The minimum absolute atomic E-state index is 0.0321. The van der Waals surface area contributed by atoms with E-state index in [4.69, 9.17) is 16.7 Å². The van der Waals surface area contributed by atoms with Gasteiger partial charge < -0.3 is 14.9 Å². The van der Waals surface area contributed by atoms with Crippen LogP contribution in [0.1, 0.15) is 5.56 Å². The summed E-state index contributed by atoms with van der Waals surface area (Å²) < 4.78 is 1.11. The van der Waals surface area contributed by atoms with E-state index in [0.717, 1.165) is 15.6 Å². The van der Waals surface area contributed by atoms with Crippen molar-refractivity contribution in [2.75, 3.05) is 26.2 Å². The van der Waals surface area contributed by atoms with Crippen LogP contribution in [0.2, 0.25) is 5.02 Å². The van der Waals surface area contributed by atoms with Crippen molar-refractivity contribution in [2.24, 2.45) is 0 Å². The summed E-state index contributed by atoms with van der Waals surface area (Å²) in [6.07, 6.45) is -0.599. The largest absolute Gasteiger partial charge is 0.465 e. The first-order valence-corrected chi connectivity index (χ1v) is 8.21. The summed E-state index contributed by atoms with van der Waals surface area (Å²) in [5, 5.41) is 12.6. The van der Waals surface area contributed by atoms with Crippen molar-refractivity contribution in [1.29, 1.82) is 0 Å². The quantitative estimate of drug-likeness (QED) is 0.915. The molecule has 2 amide bonds. The molecule has 1 aliphatic rings. The van der Waals surface area contributed by atoms with Crippen LogP contribution in [0.5, 0.6) is 0 Å². The Labute approximate surface area is 136 Å². The molecule has 7 heteroatoms. The molecule has 0 atom stereocenters. The summed E-state index contributed by atoms with van der Waals surface area (Å²) in [5.74, 6) is 0.0321. The Hall–Kier alpha value is -1.79. The fourth-order valence-electron chi connectivity index (χ4n) is 2.61. The molecule has 0 saturated carbocycles. The molecule has 3 rings (SSSR count). The van der Waals surface area contributed by atoms with E-state index in [2.05, 4.69) is 0 Å². The molecule has 1 aromatic heterocycles. The van der Waals surface area contributed by atoms with Gasteiger partial charge in [0.05, 0.1) is 6.42 Å². The Kier molecular flexibility index (Phi) is 4.22. The topological polar surface area (TPSA) is 60.9 Å². The predicted molar refractivity (Wildman–Crippen MR) is 86.7 cm³/mol. The minimum atomic E-state index is -0.925. The average molecular weight is 339 g/mol. The van der Waals surface area contributed by atoms with Gasteiger partial charge in [0, 0.05) is 35.9 Å². The van der Waals surface area contributed by atoms with Gasteiger partial charge in [-0.3, -0.25) is 4.79 Å². The summed E-state index contributed by atoms with van der Waals surface area (Å²) in [6.45, 7) is 1.65. The van der Waals surface area contributed by atoms with E-state index in [9.17, 15) is 9.59 Å². The van der Waals surface area contributed by atoms with Crippen LogP contribution in [-0.4, -0.2) is 53.1 Å². The van der Waals surface area contributed by atoms with Gasteiger partial charge >= 0.3 is 6.09 Å². The lowest BCUT2D eigenvalue weighted by molar-refractivity contribution is -0.132. The maximum absolute atomic E-state index is 12.4. The third-order valence-electron chi connectivity index (χ3n) is 3.86. The molecule has 0 spiro atoms. The number of carbonyl (C=O) groups excluding carboxylic acids is 1. The number of hydrogen-bond donors (Lipinski definition) is 1. The molecule has 0 bridgehead atoms. The smallest absolute Gasteiger partial charge is 0.407 e.